The van der Waals surface area contributed by atoms with Gasteiger partial charge in [-0.3, -0.25) is 0 Å². The molecule has 0 radical (unpaired) electrons. The van der Waals surface area contributed by atoms with Crippen LogP contribution in [0, 0.1) is 19.8 Å². The summed E-state index contributed by atoms with van der Waals surface area (Å²) in [6, 6.07) is 0. The third-order valence-electron chi connectivity index (χ3n) is 3.92. The topological polar surface area (TPSA) is 61.3 Å². The molecule has 2 heterocycles. The monoisotopic (exact) mass is 264 g/mol. The summed E-state index contributed by atoms with van der Waals surface area (Å²) in [5.41, 5.74) is 2.14. The molecule has 0 aromatic carbocycles. The zero-order valence-electron chi connectivity index (χ0n) is 11.9. The molecular formula is C14H24N4O. The van der Waals surface area contributed by atoms with E-state index >= 15 is 0 Å². The van der Waals surface area contributed by atoms with E-state index in [-0.39, 0.29) is 0 Å². The molecule has 0 aliphatic carbocycles. The maximum absolute atomic E-state index is 9.22. The number of anilines is 1. The predicted octanol–water partition coefficient (Wildman–Crippen LogP) is 1.21. The molecule has 0 saturated carbocycles. The fourth-order valence-corrected chi connectivity index (χ4v) is 2.55. The highest BCUT2D eigenvalue weighted by Crippen LogP contribution is 2.16. The van der Waals surface area contributed by atoms with Gasteiger partial charge < -0.3 is 15.3 Å². The van der Waals surface area contributed by atoms with E-state index < -0.39 is 0 Å². The van der Waals surface area contributed by atoms with E-state index in [1.165, 1.54) is 6.42 Å². The predicted molar refractivity (Wildman–Crippen MR) is 76.2 cm³/mol. The van der Waals surface area contributed by atoms with Crippen molar-refractivity contribution >= 4 is 5.82 Å². The van der Waals surface area contributed by atoms with E-state index in [1.807, 2.05) is 13.8 Å². The van der Waals surface area contributed by atoms with Gasteiger partial charge in [0.25, 0.3) is 0 Å². The van der Waals surface area contributed by atoms with E-state index in [0.29, 0.717) is 12.5 Å². The Morgan fingerprint density at radius 1 is 1.42 bits per heavy atom. The van der Waals surface area contributed by atoms with Crippen LogP contribution < -0.4 is 5.32 Å². The molecule has 2 N–H and O–H groups in total. The van der Waals surface area contributed by atoms with E-state index in [4.69, 9.17) is 0 Å². The van der Waals surface area contributed by atoms with E-state index in [9.17, 15) is 5.11 Å². The number of hydrogen-bond acceptors (Lipinski definition) is 5. The Morgan fingerprint density at radius 2 is 2.26 bits per heavy atom. The lowest BCUT2D eigenvalue weighted by Gasteiger charge is -2.31. The molecule has 1 saturated heterocycles. The molecule has 1 fully saturated rings. The largest absolute Gasteiger partial charge is 0.396 e. The third-order valence-corrected chi connectivity index (χ3v) is 3.92. The lowest BCUT2D eigenvalue weighted by molar-refractivity contribution is 0.123. The van der Waals surface area contributed by atoms with Crippen molar-refractivity contribution in [3.8, 4) is 0 Å². The lowest BCUT2D eigenvalue weighted by Crippen LogP contribution is -2.39. The molecule has 1 unspecified atom stereocenters. The molecule has 0 spiro atoms. The average Bonchev–Trinajstić information content (AvgIpc) is 2.44. The van der Waals surface area contributed by atoms with Gasteiger partial charge in [-0.2, -0.15) is 0 Å². The number of aromatic nitrogens is 2. The molecule has 0 amide bonds. The normalized spacial score (nSPS) is 20.5. The van der Waals surface area contributed by atoms with Gasteiger partial charge in [0.15, 0.2) is 0 Å². The van der Waals surface area contributed by atoms with Gasteiger partial charge in [-0.05, 0) is 39.2 Å². The maximum atomic E-state index is 9.22. The summed E-state index contributed by atoms with van der Waals surface area (Å²) < 4.78 is 0. The Labute approximate surface area is 115 Å². The van der Waals surface area contributed by atoms with Crippen molar-refractivity contribution in [2.24, 2.45) is 5.92 Å². The van der Waals surface area contributed by atoms with Crippen LogP contribution in [0.15, 0.2) is 6.33 Å². The number of hydrogen-bond donors (Lipinski definition) is 2. The summed E-state index contributed by atoms with van der Waals surface area (Å²) in [6.07, 6.45) is 3.95. The minimum absolute atomic E-state index is 0.314. The lowest BCUT2D eigenvalue weighted by atomic mass is 9.99. The van der Waals surface area contributed by atoms with Crippen LogP contribution in [0.5, 0.6) is 0 Å². The molecule has 2 rings (SSSR count). The summed E-state index contributed by atoms with van der Waals surface area (Å²) in [5.74, 6) is 1.39. The Kier molecular flexibility index (Phi) is 5.10. The fourth-order valence-electron chi connectivity index (χ4n) is 2.55. The van der Waals surface area contributed by atoms with Crippen molar-refractivity contribution in [3.05, 3.63) is 17.6 Å². The van der Waals surface area contributed by atoms with Crippen LogP contribution in [0.2, 0.25) is 0 Å². The van der Waals surface area contributed by atoms with Crippen LogP contribution in [-0.4, -0.2) is 52.8 Å². The second-order valence-electron chi connectivity index (χ2n) is 5.35. The van der Waals surface area contributed by atoms with Crippen LogP contribution in [0.3, 0.4) is 0 Å². The molecule has 1 aromatic heterocycles. The minimum atomic E-state index is 0.314. The van der Waals surface area contributed by atoms with Crippen molar-refractivity contribution < 1.29 is 5.11 Å². The SMILES string of the molecule is Cc1ncnc(NCCN2CCCC(CO)C2)c1C. The summed E-state index contributed by atoms with van der Waals surface area (Å²) in [6.45, 7) is 8.39. The quantitative estimate of drug-likeness (QED) is 0.837. The Hall–Kier alpha value is -1.20. The molecule has 1 aliphatic rings. The van der Waals surface area contributed by atoms with Crippen molar-refractivity contribution in [2.75, 3.05) is 38.1 Å². The van der Waals surface area contributed by atoms with Crippen LogP contribution in [0.1, 0.15) is 24.1 Å². The number of nitrogens with one attached hydrogen (secondary N) is 1. The standard InChI is InChI=1S/C14H24N4O/c1-11-12(2)16-10-17-14(11)15-5-7-18-6-3-4-13(8-18)9-19/h10,13,19H,3-9H2,1-2H3,(H,15,16,17). The van der Waals surface area contributed by atoms with Crippen molar-refractivity contribution in [2.45, 2.75) is 26.7 Å². The highest BCUT2D eigenvalue weighted by Gasteiger charge is 2.18. The van der Waals surface area contributed by atoms with Crippen LogP contribution in [-0.2, 0) is 0 Å². The van der Waals surface area contributed by atoms with E-state index in [0.717, 1.165) is 49.7 Å². The van der Waals surface area contributed by atoms with Crippen LogP contribution in [0.4, 0.5) is 5.82 Å². The van der Waals surface area contributed by atoms with Crippen LogP contribution >= 0.6 is 0 Å². The Balaban J connectivity index is 1.78. The molecule has 5 nitrogen and oxygen atoms in total. The molecule has 19 heavy (non-hydrogen) atoms. The zero-order chi connectivity index (χ0) is 13.7. The van der Waals surface area contributed by atoms with Gasteiger partial charge in [0.1, 0.15) is 12.1 Å². The molecule has 1 atom stereocenters. The van der Waals surface area contributed by atoms with E-state index in [1.54, 1.807) is 6.33 Å². The first-order valence-electron chi connectivity index (χ1n) is 7.06. The number of likely N-dealkylation sites (tertiary alicyclic amines) is 1. The second-order valence-corrected chi connectivity index (χ2v) is 5.35. The first-order valence-corrected chi connectivity index (χ1v) is 7.06. The van der Waals surface area contributed by atoms with Gasteiger partial charge in [0, 0.05) is 37.5 Å². The van der Waals surface area contributed by atoms with Crippen LogP contribution in [0.25, 0.3) is 0 Å². The van der Waals surface area contributed by atoms with E-state index in [2.05, 4.69) is 20.2 Å². The number of nitrogens with zero attached hydrogens (tertiary/aromatic N) is 3. The highest BCUT2D eigenvalue weighted by atomic mass is 16.3. The zero-order valence-corrected chi connectivity index (χ0v) is 11.9. The maximum Gasteiger partial charge on any atom is 0.132 e. The Morgan fingerprint density at radius 3 is 3.05 bits per heavy atom. The van der Waals surface area contributed by atoms with Gasteiger partial charge in [0.05, 0.1) is 0 Å². The average molecular weight is 264 g/mol. The number of aryl methyl sites for hydroxylation is 1. The summed E-state index contributed by atoms with van der Waals surface area (Å²) >= 11 is 0. The van der Waals surface area contributed by atoms with Gasteiger partial charge in [-0.15, -0.1) is 0 Å². The van der Waals surface area contributed by atoms with Gasteiger partial charge in [-0.1, -0.05) is 0 Å². The molecule has 0 bridgehead atoms. The highest BCUT2D eigenvalue weighted by molar-refractivity contribution is 5.44. The second kappa shape index (κ2) is 6.82. The number of rotatable bonds is 5. The van der Waals surface area contributed by atoms with Gasteiger partial charge in [0.2, 0.25) is 0 Å². The van der Waals surface area contributed by atoms with Crippen molar-refractivity contribution in [3.63, 3.8) is 0 Å². The number of piperidine rings is 1. The first kappa shape index (κ1) is 14.2. The number of aliphatic hydroxyl groups excluding tert-OH is 1. The molecular weight excluding hydrogens is 240 g/mol. The third kappa shape index (κ3) is 3.88. The number of aliphatic hydroxyl groups is 1. The first-order chi connectivity index (χ1) is 9.20. The fraction of sp³-hybridized carbons (Fsp3) is 0.714. The van der Waals surface area contributed by atoms with Gasteiger partial charge >= 0.3 is 0 Å². The summed E-state index contributed by atoms with van der Waals surface area (Å²) in [7, 11) is 0. The van der Waals surface area contributed by atoms with Crippen molar-refractivity contribution in [1.29, 1.82) is 0 Å². The smallest absolute Gasteiger partial charge is 0.132 e. The molecule has 1 aliphatic heterocycles. The van der Waals surface area contributed by atoms with Gasteiger partial charge in [-0.25, -0.2) is 9.97 Å². The molecule has 1 aromatic rings. The molecule has 106 valence electrons. The minimum Gasteiger partial charge on any atom is -0.396 e. The van der Waals surface area contributed by atoms with Crippen molar-refractivity contribution in [1.82, 2.24) is 14.9 Å². The summed E-state index contributed by atoms with van der Waals surface area (Å²) in [4.78, 5) is 10.9. The molecule has 5 heteroatoms. The Bertz CT molecular complexity index is 410. The summed E-state index contributed by atoms with van der Waals surface area (Å²) in [5, 5.41) is 12.6.